The third kappa shape index (κ3) is 4.35. The smallest absolute Gasteiger partial charge is 0.0446 e. The third-order valence-electron chi connectivity index (χ3n) is 6.51. The standard InChI is InChI=1S/C23H33N3O/c1-24-12-9-21(10-13-24)26-15-14-25(18-22(26)11-16-27)17-20-7-4-6-19-5-2-3-8-23(19)20/h2-8,21-22,27H,9-18H2,1H3/t22-/m1/s1. The first-order valence-corrected chi connectivity index (χ1v) is 10.5. The van der Waals surface area contributed by atoms with E-state index in [2.05, 4.69) is 64.2 Å². The fourth-order valence-electron chi connectivity index (χ4n) is 4.96. The lowest BCUT2D eigenvalue weighted by molar-refractivity contribution is 0.00611. The molecule has 2 aromatic rings. The monoisotopic (exact) mass is 367 g/mol. The number of rotatable bonds is 5. The van der Waals surface area contributed by atoms with Crippen LogP contribution < -0.4 is 0 Å². The average Bonchev–Trinajstić information content (AvgIpc) is 2.70. The zero-order chi connectivity index (χ0) is 18.6. The summed E-state index contributed by atoms with van der Waals surface area (Å²) in [6, 6.07) is 16.5. The Labute approximate surface area is 163 Å². The topological polar surface area (TPSA) is 30.0 Å². The summed E-state index contributed by atoms with van der Waals surface area (Å²) in [5.41, 5.74) is 1.42. The van der Waals surface area contributed by atoms with Gasteiger partial charge < -0.3 is 10.0 Å². The average molecular weight is 368 g/mol. The molecule has 0 spiro atoms. The maximum absolute atomic E-state index is 9.64. The number of piperazine rings is 1. The lowest BCUT2D eigenvalue weighted by Crippen LogP contribution is -2.58. The molecule has 0 unspecified atom stereocenters. The highest BCUT2D eigenvalue weighted by Gasteiger charge is 2.33. The first-order valence-electron chi connectivity index (χ1n) is 10.5. The Morgan fingerprint density at radius 2 is 1.74 bits per heavy atom. The van der Waals surface area contributed by atoms with E-state index >= 15 is 0 Å². The minimum absolute atomic E-state index is 0.288. The number of benzene rings is 2. The van der Waals surface area contributed by atoms with Gasteiger partial charge in [0.05, 0.1) is 0 Å². The maximum atomic E-state index is 9.64. The highest BCUT2D eigenvalue weighted by molar-refractivity contribution is 5.85. The summed E-state index contributed by atoms with van der Waals surface area (Å²) in [5, 5.41) is 12.3. The van der Waals surface area contributed by atoms with Crippen molar-refractivity contribution in [2.24, 2.45) is 0 Å². The van der Waals surface area contributed by atoms with Crippen molar-refractivity contribution in [3.8, 4) is 0 Å². The molecule has 27 heavy (non-hydrogen) atoms. The lowest BCUT2D eigenvalue weighted by atomic mass is 9.97. The second-order valence-corrected chi connectivity index (χ2v) is 8.31. The Morgan fingerprint density at radius 1 is 0.963 bits per heavy atom. The predicted molar refractivity (Wildman–Crippen MR) is 112 cm³/mol. The van der Waals surface area contributed by atoms with Gasteiger partial charge in [0.15, 0.2) is 0 Å². The van der Waals surface area contributed by atoms with Crippen LogP contribution in [0, 0.1) is 0 Å². The number of aliphatic hydroxyl groups excluding tert-OH is 1. The van der Waals surface area contributed by atoms with Crippen LogP contribution in [0.2, 0.25) is 0 Å². The second-order valence-electron chi connectivity index (χ2n) is 8.31. The number of piperidine rings is 1. The van der Waals surface area contributed by atoms with Crippen LogP contribution in [-0.2, 0) is 6.54 Å². The van der Waals surface area contributed by atoms with Crippen LogP contribution in [0.4, 0.5) is 0 Å². The molecule has 0 saturated carbocycles. The van der Waals surface area contributed by atoms with Gasteiger partial charge in [0.25, 0.3) is 0 Å². The maximum Gasteiger partial charge on any atom is 0.0446 e. The van der Waals surface area contributed by atoms with Gasteiger partial charge in [-0.3, -0.25) is 9.80 Å². The summed E-state index contributed by atoms with van der Waals surface area (Å²) in [6.07, 6.45) is 3.42. The van der Waals surface area contributed by atoms with Crippen LogP contribution in [0.15, 0.2) is 42.5 Å². The summed E-state index contributed by atoms with van der Waals surface area (Å²) < 4.78 is 0. The molecule has 2 aliphatic rings. The predicted octanol–water partition coefficient (Wildman–Crippen LogP) is 2.80. The van der Waals surface area contributed by atoms with Gasteiger partial charge in [-0.2, -0.15) is 0 Å². The fourth-order valence-corrected chi connectivity index (χ4v) is 4.96. The minimum Gasteiger partial charge on any atom is -0.396 e. The molecule has 0 amide bonds. The van der Waals surface area contributed by atoms with Crippen molar-refractivity contribution in [2.75, 3.05) is 46.4 Å². The molecule has 4 rings (SSSR count). The molecule has 0 bridgehead atoms. The van der Waals surface area contributed by atoms with Gasteiger partial charge in [-0.1, -0.05) is 42.5 Å². The number of nitrogens with zero attached hydrogens (tertiary/aromatic N) is 3. The van der Waals surface area contributed by atoms with Gasteiger partial charge in [-0.25, -0.2) is 0 Å². The first kappa shape index (κ1) is 18.9. The van der Waals surface area contributed by atoms with Crippen molar-refractivity contribution < 1.29 is 5.11 Å². The molecule has 2 saturated heterocycles. The van der Waals surface area contributed by atoms with E-state index in [1.807, 2.05) is 0 Å². The van der Waals surface area contributed by atoms with E-state index in [0.717, 1.165) is 32.6 Å². The lowest BCUT2D eigenvalue weighted by Gasteiger charge is -2.47. The highest BCUT2D eigenvalue weighted by atomic mass is 16.3. The van der Waals surface area contributed by atoms with Gasteiger partial charge in [0, 0.05) is 44.9 Å². The molecule has 4 heteroatoms. The van der Waals surface area contributed by atoms with Gasteiger partial charge in [-0.15, -0.1) is 0 Å². The zero-order valence-corrected chi connectivity index (χ0v) is 16.6. The van der Waals surface area contributed by atoms with E-state index in [9.17, 15) is 5.11 Å². The number of aliphatic hydroxyl groups is 1. The Kier molecular flexibility index (Phi) is 6.08. The van der Waals surface area contributed by atoms with Gasteiger partial charge >= 0.3 is 0 Å². The molecule has 4 nitrogen and oxygen atoms in total. The molecular formula is C23H33N3O. The molecule has 2 aromatic carbocycles. The summed E-state index contributed by atoms with van der Waals surface area (Å²) in [5.74, 6) is 0. The molecule has 1 atom stereocenters. The summed E-state index contributed by atoms with van der Waals surface area (Å²) in [4.78, 5) is 7.74. The second kappa shape index (κ2) is 8.70. The molecule has 146 valence electrons. The van der Waals surface area contributed by atoms with Crippen molar-refractivity contribution in [2.45, 2.75) is 37.9 Å². The van der Waals surface area contributed by atoms with E-state index in [4.69, 9.17) is 0 Å². The fraction of sp³-hybridized carbons (Fsp3) is 0.565. The van der Waals surface area contributed by atoms with E-state index < -0.39 is 0 Å². The quantitative estimate of drug-likeness (QED) is 0.880. The Balaban J connectivity index is 1.45. The Bertz CT molecular complexity index is 736. The van der Waals surface area contributed by atoms with Crippen LogP contribution in [0.25, 0.3) is 10.8 Å². The van der Waals surface area contributed by atoms with Crippen molar-refractivity contribution >= 4 is 10.8 Å². The number of fused-ring (bicyclic) bond motifs is 1. The minimum atomic E-state index is 0.288. The van der Waals surface area contributed by atoms with Crippen LogP contribution in [0.1, 0.15) is 24.8 Å². The first-order chi connectivity index (χ1) is 13.2. The molecule has 2 heterocycles. The van der Waals surface area contributed by atoms with Crippen LogP contribution in [0.5, 0.6) is 0 Å². The van der Waals surface area contributed by atoms with Crippen molar-refractivity contribution in [1.29, 1.82) is 0 Å². The van der Waals surface area contributed by atoms with Gasteiger partial charge in [0.1, 0.15) is 0 Å². The van der Waals surface area contributed by atoms with Crippen molar-refractivity contribution in [3.05, 3.63) is 48.0 Å². The molecule has 0 aliphatic carbocycles. The van der Waals surface area contributed by atoms with Crippen LogP contribution >= 0.6 is 0 Å². The summed E-state index contributed by atoms with van der Waals surface area (Å²) >= 11 is 0. The number of hydrogen-bond acceptors (Lipinski definition) is 4. The Morgan fingerprint density at radius 3 is 2.56 bits per heavy atom. The number of likely N-dealkylation sites (tertiary alicyclic amines) is 1. The molecule has 0 radical (unpaired) electrons. The molecule has 1 N–H and O–H groups in total. The van der Waals surface area contributed by atoms with Crippen molar-refractivity contribution in [3.63, 3.8) is 0 Å². The molecular weight excluding hydrogens is 334 g/mol. The van der Waals surface area contributed by atoms with Gasteiger partial charge in [-0.05, 0) is 55.7 Å². The summed E-state index contributed by atoms with van der Waals surface area (Å²) in [7, 11) is 2.23. The van der Waals surface area contributed by atoms with E-state index in [1.165, 1.54) is 42.3 Å². The SMILES string of the molecule is CN1CCC(N2CCN(Cc3cccc4ccccc34)C[C@H]2CCO)CC1. The zero-order valence-electron chi connectivity index (χ0n) is 16.6. The van der Waals surface area contributed by atoms with Gasteiger partial charge in [0.2, 0.25) is 0 Å². The molecule has 0 aromatic heterocycles. The van der Waals surface area contributed by atoms with Crippen molar-refractivity contribution in [1.82, 2.24) is 14.7 Å². The van der Waals surface area contributed by atoms with Crippen LogP contribution in [-0.4, -0.2) is 78.3 Å². The molecule has 2 fully saturated rings. The van der Waals surface area contributed by atoms with Crippen LogP contribution in [0.3, 0.4) is 0 Å². The van der Waals surface area contributed by atoms with E-state index in [0.29, 0.717) is 12.1 Å². The van der Waals surface area contributed by atoms with E-state index in [-0.39, 0.29) is 6.61 Å². The largest absolute Gasteiger partial charge is 0.396 e. The Hall–Kier alpha value is -1.46. The molecule has 2 aliphatic heterocycles. The van der Waals surface area contributed by atoms with E-state index in [1.54, 1.807) is 0 Å². The number of hydrogen-bond donors (Lipinski definition) is 1. The normalized spacial score (nSPS) is 23.9. The summed E-state index contributed by atoms with van der Waals surface area (Å²) in [6.45, 7) is 7.01. The highest BCUT2D eigenvalue weighted by Crippen LogP contribution is 2.25. The third-order valence-corrected chi connectivity index (χ3v) is 6.51.